The topological polar surface area (TPSA) is 37.4 Å². The Morgan fingerprint density at radius 2 is 1.84 bits per heavy atom. The van der Waals surface area contributed by atoms with Crippen LogP contribution in [0.15, 0.2) is 23.1 Å². The minimum atomic E-state index is -3.46. The SMILES string of the molecule is Cc1ccc(S(=O)(=O)N(C)C(C)C(C)C)cc1CCl. The molecule has 0 aliphatic carbocycles. The first-order valence-electron chi connectivity index (χ1n) is 6.35. The van der Waals surface area contributed by atoms with Gasteiger partial charge >= 0.3 is 0 Å². The first-order valence-corrected chi connectivity index (χ1v) is 8.32. The average molecular weight is 304 g/mol. The van der Waals surface area contributed by atoms with Gasteiger partial charge in [0.15, 0.2) is 0 Å². The number of rotatable bonds is 5. The van der Waals surface area contributed by atoms with Gasteiger partial charge in [0.05, 0.1) is 4.90 Å². The predicted molar refractivity (Wildman–Crippen MR) is 80.0 cm³/mol. The minimum Gasteiger partial charge on any atom is -0.207 e. The highest BCUT2D eigenvalue weighted by molar-refractivity contribution is 7.89. The van der Waals surface area contributed by atoms with E-state index in [1.165, 1.54) is 4.31 Å². The molecule has 5 heteroatoms. The predicted octanol–water partition coefficient (Wildman–Crippen LogP) is 3.40. The van der Waals surface area contributed by atoms with Crippen LogP contribution in [0.3, 0.4) is 0 Å². The van der Waals surface area contributed by atoms with Crippen LogP contribution < -0.4 is 0 Å². The normalized spacial score (nSPS) is 14.1. The van der Waals surface area contributed by atoms with Gasteiger partial charge in [0, 0.05) is 19.0 Å². The lowest BCUT2D eigenvalue weighted by atomic mass is 10.1. The van der Waals surface area contributed by atoms with Gasteiger partial charge in [0.2, 0.25) is 10.0 Å². The number of benzene rings is 1. The van der Waals surface area contributed by atoms with Crippen molar-refractivity contribution in [1.82, 2.24) is 4.31 Å². The van der Waals surface area contributed by atoms with Crippen molar-refractivity contribution in [3.63, 3.8) is 0 Å². The molecular weight excluding hydrogens is 282 g/mol. The smallest absolute Gasteiger partial charge is 0.207 e. The zero-order chi connectivity index (χ0) is 14.8. The first kappa shape index (κ1) is 16.5. The number of alkyl halides is 1. The van der Waals surface area contributed by atoms with Crippen LogP contribution in [0.2, 0.25) is 0 Å². The van der Waals surface area contributed by atoms with Gasteiger partial charge in [-0.05, 0) is 43.0 Å². The summed E-state index contributed by atoms with van der Waals surface area (Å²) in [6.45, 7) is 7.86. The van der Waals surface area contributed by atoms with Crippen molar-refractivity contribution in [3.05, 3.63) is 29.3 Å². The third-order valence-electron chi connectivity index (χ3n) is 3.68. The van der Waals surface area contributed by atoms with E-state index in [-0.39, 0.29) is 12.0 Å². The van der Waals surface area contributed by atoms with Crippen molar-refractivity contribution in [3.8, 4) is 0 Å². The number of hydrogen-bond donors (Lipinski definition) is 0. The van der Waals surface area contributed by atoms with Crippen LogP contribution >= 0.6 is 11.6 Å². The largest absolute Gasteiger partial charge is 0.243 e. The Labute approximate surface area is 121 Å². The number of nitrogens with zero attached hydrogens (tertiary/aromatic N) is 1. The number of aryl methyl sites for hydroxylation is 1. The van der Waals surface area contributed by atoms with Crippen LogP contribution in [-0.4, -0.2) is 25.8 Å². The van der Waals surface area contributed by atoms with Crippen LogP contribution in [0, 0.1) is 12.8 Å². The van der Waals surface area contributed by atoms with Crippen LogP contribution in [-0.2, 0) is 15.9 Å². The van der Waals surface area contributed by atoms with Gasteiger partial charge in [-0.1, -0.05) is 19.9 Å². The van der Waals surface area contributed by atoms with Crippen molar-refractivity contribution >= 4 is 21.6 Å². The molecule has 0 fully saturated rings. The summed E-state index contributed by atoms with van der Waals surface area (Å²) in [5, 5.41) is 0. The molecule has 0 heterocycles. The van der Waals surface area contributed by atoms with E-state index >= 15 is 0 Å². The quantitative estimate of drug-likeness (QED) is 0.782. The van der Waals surface area contributed by atoms with Crippen LogP contribution in [0.4, 0.5) is 0 Å². The lowest BCUT2D eigenvalue weighted by molar-refractivity contribution is 0.316. The van der Waals surface area contributed by atoms with Gasteiger partial charge in [-0.2, -0.15) is 4.31 Å². The Bertz CT molecular complexity index is 540. The van der Waals surface area contributed by atoms with Gasteiger partial charge in [-0.3, -0.25) is 0 Å². The summed E-state index contributed by atoms with van der Waals surface area (Å²) in [6.07, 6.45) is 0. The molecule has 19 heavy (non-hydrogen) atoms. The molecule has 1 atom stereocenters. The van der Waals surface area contributed by atoms with Gasteiger partial charge in [0.1, 0.15) is 0 Å². The second-order valence-corrected chi connectivity index (χ2v) is 7.49. The molecule has 0 spiro atoms. The molecule has 0 aliphatic rings. The lowest BCUT2D eigenvalue weighted by Gasteiger charge is -2.27. The number of hydrogen-bond acceptors (Lipinski definition) is 2. The molecule has 0 radical (unpaired) electrons. The first-order chi connectivity index (χ1) is 8.71. The minimum absolute atomic E-state index is 0.0502. The molecular formula is C14H22ClNO2S. The van der Waals surface area contributed by atoms with Gasteiger partial charge in [0.25, 0.3) is 0 Å². The Morgan fingerprint density at radius 3 is 2.32 bits per heavy atom. The molecule has 0 saturated heterocycles. The summed E-state index contributed by atoms with van der Waals surface area (Å²) >= 11 is 5.84. The highest BCUT2D eigenvalue weighted by Crippen LogP contribution is 2.23. The third kappa shape index (κ3) is 3.50. The third-order valence-corrected chi connectivity index (χ3v) is 5.91. The van der Waals surface area contributed by atoms with E-state index in [0.29, 0.717) is 10.8 Å². The molecule has 1 aromatic rings. The summed E-state index contributed by atoms with van der Waals surface area (Å²) < 4.78 is 26.5. The van der Waals surface area contributed by atoms with Crippen LogP contribution in [0.25, 0.3) is 0 Å². The van der Waals surface area contributed by atoms with Crippen LogP contribution in [0.1, 0.15) is 31.9 Å². The molecule has 0 saturated carbocycles. The summed E-state index contributed by atoms with van der Waals surface area (Å²) in [6, 6.07) is 5.06. The zero-order valence-corrected chi connectivity index (χ0v) is 13.7. The van der Waals surface area contributed by atoms with Gasteiger partial charge < -0.3 is 0 Å². The molecule has 3 nitrogen and oxygen atoms in total. The Balaban J connectivity index is 3.20. The van der Waals surface area contributed by atoms with Crippen molar-refractivity contribution in [1.29, 1.82) is 0 Å². The lowest BCUT2D eigenvalue weighted by Crippen LogP contribution is -2.38. The highest BCUT2D eigenvalue weighted by Gasteiger charge is 2.27. The van der Waals surface area contributed by atoms with E-state index in [4.69, 9.17) is 11.6 Å². The average Bonchev–Trinajstić information content (AvgIpc) is 2.36. The van der Waals surface area contributed by atoms with E-state index in [1.807, 2.05) is 27.7 Å². The monoisotopic (exact) mass is 303 g/mol. The van der Waals surface area contributed by atoms with E-state index in [0.717, 1.165) is 11.1 Å². The van der Waals surface area contributed by atoms with E-state index in [2.05, 4.69) is 0 Å². The second kappa shape index (κ2) is 6.25. The molecule has 0 aromatic heterocycles. The Morgan fingerprint density at radius 1 is 1.26 bits per heavy atom. The summed E-state index contributed by atoms with van der Waals surface area (Å²) in [5.41, 5.74) is 1.86. The van der Waals surface area contributed by atoms with Crippen molar-refractivity contribution in [2.75, 3.05) is 7.05 Å². The molecule has 0 aliphatic heterocycles. The molecule has 0 bridgehead atoms. The highest BCUT2D eigenvalue weighted by atomic mass is 35.5. The fourth-order valence-electron chi connectivity index (χ4n) is 1.76. The molecule has 108 valence electrons. The van der Waals surface area contributed by atoms with E-state index in [1.54, 1.807) is 25.2 Å². The van der Waals surface area contributed by atoms with Gasteiger partial charge in [-0.15, -0.1) is 11.6 Å². The molecule has 1 aromatic carbocycles. The summed E-state index contributed by atoms with van der Waals surface area (Å²) in [5.74, 6) is 0.580. The van der Waals surface area contributed by atoms with Crippen LogP contribution in [0.5, 0.6) is 0 Å². The maximum atomic E-state index is 12.5. The Kier molecular flexibility index (Phi) is 5.42. The Hall–Kier alpha value is -0.580. The van der Waals surface area contributed by atoms with Gasteiger partial charge in [-0.25, -0.2) is 8.42 Å². The summed E-state index contributed by atoms with van der Waals surface area (Å²) in [7, 11) is -1.83. The molecule has 0 N–H and O–H groups in total. The second-order valence-electron chi connectivity index (χ2n) is 5.23. The van der Waals surface area contributed by atoms with Crippen molar-refractivity contribution < 1.29 is 8.42 Å². The molecule has 1 rings (SSSR count). The fourth-order valence-corrected chi connectivity index (χ4v) is 3.59. The van der Waals surface area contributed by atoms with Crippen molar-refractivity contribution in [2.24, 2.45) is 5.92 Å². The number of sulfonamides is 1. The standard InChI is InChI=1S/C14H22ClNO2S/c1-10(2)12(4)16(5)19(17,18)14-7-6-11(3)13(8-14)9-15/h6-8,10,12H,9H2,1-5H3. The maximum Gasteiger partial charge on any atom is 0.243 e. The molecule has 1 unspecified atom stereocenters. The number of halogens is 1. The zero-order valence-electron chi connectivity index (χ0n) is 12.1. The maximum absolute atomic E-state index is 12.5. The van der Waals surface area contributed by atoms with Crippen molar-refractivity contribution in [2.45, 2.75) is 44.5 Å². The van der Waals surface area contributed by atoms with E-state index in [9.17, 15) is 8.42 Å². The van der Waals surface area contributed by atoms with E-state index < -0.39 is 10.0 Å². The molecule has 0 amide bonds. The fraction of sp³-hybridized carbons (Fsp3) is 0.571. The summed E-state index contributed by atoms with van der Waals surface area (Å²) in [4.78, 5) is 0.309.